The maximum atomic E-state index is 5.35. The number of hydrogen-bond donors (Lipinski definition) is 1. The van der Waals surface area contributed by atoms with Gasteiger partial charge in [-0.15, -0.1) is 0 Å². The van der Waals surface area contributed by atoms with Gasteiger partial charge in [0.05, 0.1) is 13.2 Å². The first kappa shape index (κ1) is 13.1. The zero-order valence-corrected chi connectivity index (χ0v) is 9.82. The number of rotatable bonds is 9. The number of pyridine rings is 1. The van der Waals surface area contributed by atoms with E-state index in [2.05, 4.69) is 10.3 Å². The molecule has 1 heterocycles. The van der Waals surface area contributed by atoms with Gasteiger partial charge in [0.15, 0.2) is 0 Å². The van der Waals surface area contributed by atoms with Crippen LogP contribution in [-0.2, 0) is 16.0 Å². The van der Waals surface area contributed by atoms with E-state index in [9.17, 15) is 0 Å². The van der Waals surface area contributed by atoms with E-state index < -0.39 is 0 Å². The molecule has 4 nitrogen and oxygen atoms in total. The highest BCUT2D eigenvalue weighted by atomic mass is 16.5. The zero-order chi connectivity index (χ0) is 11.5. The van der Waals surface area contributed by atoms with Crippen molar-refractivity contribution in [1.29, 1.82) is 0 Å². The van der Waals surface area contributed by atoms with Crippen LogP contribution in [0.4, 0.5) is 0 Å². The van der Waals surface area contributed by atoms with Crippen LogP contribution in [0.3, 0.4) is 0 Å². The number of nitrogens with zero attached hydrogens (tertiary/aromatic N) is 1. The van der Waals surface area contributed by atoms with E-state index in [0.29, 0.717) is 13.2 Å². The molecule has 0 bridgehead atoms. The highest BCUT2D eigenvalue weighted by molar-refractivity contribution is 5.08. The minimum Gasteiger partial charge on any atom is -0.382 e. The van der Waals surface area contributed by atoms with Gasteiger partial charge in [-0.1, -0.05) is 0 Å². The minimum atomic E-state index is 0.671. The van der Waals surface area contributed by atoms with E-state index in [-0.39, 0.29) is 0 Å². The highest BCUT2D eigenvalue weighted by Gasteiger charge is 1.92. The molecular weight excluding hydrogens is 204 g/mol. The van der Waals surface area contributed by atoms with Gasteiger partial charge in [0.2, 0.25) is 0 Å². The van der Waals surface area contributed by atoms with Crippen LogP contribution < -0.4 is 5.32 Å². The van der Waals surface area contributed by atoms with Crippen LogP contribution in [0.1, 0.15) is 12.0 Å². The molecule has 0 aliphatic rings. The molecule has 0 amide bonds. The summed E-state index contributed by atoms with van der Waals surface area (Å²) in [6.45, 7) is 3.99. The molecule has 0 saturated carbocycles. The molecule has 1 N–H and O–H groups in total. The van der Waals surface area contributed by atoms with E-state index in [1.54, 1.807) is 7.11 Å². The summed E-state index contributed by atoms with van der Waals surface area (Å²) in [5.74, 6) is 0. The van der Waals surface area contributed by atoms with Crippen LogP contribution in [0.25, 0.3) is 0 Å². The van der Waals surface area contributed by atoms with Crippen molar-refractivity contribution in [3.63, 3.8) is 0 Å². The van der Waals surface area contributed by atoms with Crippen LogP contribution in [0, 0.1) is 0 Å². The Kier molecular flexibility index (Phi) is 7.59. The van der Waals surface area contributed by atoms with Gasteiger partial charge in [0.25, 0.3) is 0 Å². The lowest BCUT2D eigenvalue weighted by Gasteiger charge is -2.05. The Bertz CT molecular complexity index is 254. The first-order valence-corrected chi connectivity index (χ1v) is 5.60. The summed E-state index contributed by atoms with van der Waals surface area (Å²) in [6.07, 6.45) is 4.64. The molecule has 1 aromatic rings. The molecule has 0 atom stereocenters. The van der Waals surface area contributed by atoms with E-state index >= 15 is 0 Å². The van der Waals surface area contributed by atoms with E-state index in [4.69, 9.17) is 9.47 Å². The fourth-order valence-electron chi connectivity index (χ4n) is 1.28. The second-order valence-electron chi connectivity index (χ2n) is 3.49. The van der Waals surface area contributed by atoms with E-state index in [0.717, 1.165) is 26.1 Å². The Hall–Kier alpha value is -0.970. The Balaban J connectivity index is 1.89. The molecular formula is C12H20N2O2. The summed E-state index contributed by atoms with van der Waals surface area (Å²) in [5, 5.41) is 3.35. The van der Waals surface area contributed by atoms with E-state index in [1.807, 2.05) is 24.5 Å². The molecule has 0 aliphatic heterocycles. The number of hydrogen-bond acceptors (Lipinski definition) is 4. The van der Waals surface area contributed by atoms with Gasteiger partial charge in [-0.25, -0.2) is 0 Å². The maximum Gasteiger partial charge on any atom is 0.0700 e. The number of nitrogens with one attached hydrogen (secondary N) is 1. The van der Waals surface area contributed by atoms with Gasteiger partial charge in [-0.3, -0.25) is 4.98 Å². The molecule has 90 valence electrons. The third-order valence-electron chi connectivity index (χ3n) is 2.15. The van der Waals surface area contributed by atoms with Crippen LogP contribution in [-0.4, -0.2) is 38.5 Å². The van der Waals surface area contributed by atoms with Crippen LogP contribution in [0.2, 0.25) is 0 Å². The topological polar surface area (TPSA) is 43.4 Å². The average Bonchev–Trinajstić information content (AvgIpc) is 2.34. The molecule has 0 unspecified atom stereocenters. The lowest BCUT2D eigenvalue weighted by molar-refractivity contribution is 0.0695. The number of aromatic nitrogens is 1. The van der Waals surface area contributed by atoms with Gasteiger partial charge < -0.3 is 14.8 Å². The summed E-state index contributed by atoms with van der Waals surface area (Å²) < 4.78 is 10.2. The van der Waals surface area contributed by atoms with Gasteiger partial charge in [-0.2, -0.15) is 0 Å². The predicted octanol–water partition coefficient (Wildman–Crippen LogP) is 1.22. The minimum absolute atomic E-state index is 0.671. The van der Waals surface area contributed by atoms with Crippen molar-refractivity contribution in [2.45, 2.75) is 13.0 Å². The molecule has 1 rings (SSSR count). The molecule has 0 spiro atoms. The first-order valence-electron chi connectivity index (χ1n) is 5.60. The third kappa shape index (κ3) is 6.50. The summed E-state index contributed by atoms with van der Waals surface area (Å²) in [7, 11) is 1.68. The largest absolute Gasteiger partial charge is 0.382 e. The first-order chi connectivity index (χ1) is 7.93. The number of ether oxygens (including phenoxy) is 2. The monoisotopic (exact) mass is 224 g/mol. The van der Waals surface area contributed by atoms with Gasteiger partial charge in [-0.05, 0) is 30.7 Å². The van der Waals surface area contributed by atoms with Gasteiger partial charge in [0, 0.05) is 32.7 Å². The Morgan fingerprint density at radius 2 is 2.00 bits per heavy atom. The fraction of sp³-hybridized carbons (Fsp3) is 0.583. The van der Waals surface area contributed by atoms with Crippen LogP contribution in [0.15, 0.2) is 24.5 Å². The van der Waals surface area contributed by atoms with Crippen molar-refractivity contribution in [2.75, 3.05) is 33.5 Å². The Labute approximate surface area is 97.0 Å². The van der Waals surface area contributed by atoms with Crippen molar-refractivity contribution in [3.05, 3.63) is 30.1 Å². The van der Waals surface area contributed by atoms with Crippen LogP contribution >= 0.6 is 0 Å². The molecule has 1 aromatic heterocycles. The highest BCUT2D eigenvalue weighted by Crippen LogP contribution is 1.94. The van der Waals surface area contributed by atoms with E-state index in [1.165, 1.54) is 5.56 Å². The van der Waals surface area contributed by atoms with Gasteiger partial charge >= 0.3 is 0 Å². The smallest absolute Gasteiger partial charge is 0.0700 e. The molecule has 16 heavy (non-hydrogen) atoms. The lowest BCUT2D eigenvalue weighted by Crippen LogP contribution is -2.16. The summed E-state index contributed by atoms with van der Waals surface area (Å²) in [5.41, 5.74) is 1.26. The maximum absolute atomic E-state index is 5.35. The van der Waals surface area contributed by atoms with Crippen molar-refractivity contribution in [2.24, 2.45) is 0 Å². The normalized spacial score (nSPS) is 10.6. The standard InChI is InChI=1S/C12H20N2O2/c1-15-9-10-16-8-2-5-14-11-12-3-6-13-7-4-12/h3-4,6-7,14H,2,5,8-11H2,1H3. The van der Waals surface area contributed by atoms with Crippen molar-refractivity contribution in [3.8, 4) is 0 Å². The van der Waals surface area contributed by atoms with Crippen LogP contribution in [0.5, 0.6) is 0 Å². The second-order valence-corrected chi connectivity index (χ2v) is 3.49. The summed E-state index contributed by atoms with van der Waals surface area (Å²) in [4.78, 5) is 3.97. The zero-order valence-electron chi connectivity index (χ0n) is 9.82. The Morgan fingerprint density at radius 1 is 1.19 bits per heavy atom. The third-order valence-corrected chi connectivity index (χ3v) is 2.15. The second kappa shape index (κ2) is 9.27. The fourth-order valence-corrected chi connectivity index (χ4v) is 1.28. The Morgan fingerprint density at radius 3 is 2.75 bits per heavy atom. The lowest BCUT2D eigenvalue weighted by atomic mass is 10.3. The summed E-state index contributed by atoms with van der Waals surface area (Å²) >= 11 is 0. The number of methoxy groups -OCH3 is 1. The average molecular weight is 224 g/mol. The molecule has 4 heteroatoms. The molecule has 0 fully saturated rings. The predicted molar refractivity (Wildman–Crippen MR) is 63.3 cm³/mol. The SMILES string of the molecule is COCCOCCCNCc1ccncc1. The van der Waals surface area contributed by atoms with Crippen molar-refractivity contribution in [1.82, 2.24) is 10.3 Å². The molecule has 0 aliphatic carbocycles. The van der Waals surface area contributed by atoms with Crippen molar-refractivity contribution >= 4 is 0 Å². The quantitative estimate of drug-likeness (QED) is 0.641. The molecule has 0 radical (unpaired) electrons. The molecule has 0 aromatic carbocycles. The molecule has 0 saturated heterocycles. The van der Waals surface area contributed by atoms with Crippen molar-refractivity contribution < 1.29 is 9.47 Å². The van der Waals surface area contributed by atoms with Gasteiger partial charge in [0.1, 0.15) is 0 Å². The summed E-state index contributed by atoms with van der Waals surface area (Å²) in [6, 6.07) is 4.03.